The fraction of sp³-hybridized carbons (Fsp3) is 0.917. The monoisotopic (exact) mass is 277 g/mol. The molecule has 0 aromatic heterocycles. The van der Waals surface area contributed by atoms with Crippen LogP contribution in [0.5, 0.6) is 0 Å². The number of morpholine rings is 1. The van der Waals surface area contributed by atoms with Gasteiger partial charge in [-0.2, -0.15) is 0 Å². The molecular weight excluding hydrogens is 254 g/mol. The van der Waals surface area contributed by atoms with Crippen LogP contribution < -0.4 is 5.32 Å². The predicted molar refractivity (Wildman–Crippen MR) is 73.2 cm³/mol. The van der Waals surface area contributed by atoms with Gasteiger partial charge in [0, 0.05) is 32.7 Å². The molecule has 2 aliphatic rings. The van der Waals surface area contributed by atoms with E-state index in [-0.39, 0.29) is 24.4 Å². The molecule has 0 saturated carbocycles. The summed E-state index contributed by atoms with van der Waals surface area (Å²) in [7, 11) is 2.11. The minimum absolute atomic E-state index is 0. The quantitative estimate of drug-likeness (QED) is 0.769. The highest BCUT2D eigenvalue weighted by Gasteiger charge is 2.22. The molecule has 0 radical (unpaired) electrons. The number of nitrogens with zero attached hydrogens (tertiary/aromatic N) is 2. The number of amides is 1. The third-order valence-electron chi connectivity index (χ3n) is 3.48. The Kier molecular flexibility index (Phi) is 6.92. The lowest BCUT2D eigenvalue weighted by Crippen LogP contribution is -2.43. The Labute approximate surface area is 115 Å². The highest BCUT2D eigenvalue weighted by molar-refractivity contribution is 5.85. The standard InChI is InChI=1S/C12H23N3O2.ClH/c1-14-4-2-5-15(7-6-14)12(16)9-11-10-13-3-8-17-11;/h11,13H,2-10H2,1H3;1H. The molecule has 1 N–H and O–H groups in total. The third kappa shape index (κ3) is 4.72. The maximum Gasteiger partial charge on any atom is 0.225 e. The maximum atomic E-state index is 12.1. The van der Waals surface area contributed by atoms with E-state index in [1.807, 2.05) is 4.90 Å². The van der Waals surface area contributed by atoms with Gasteiger partial charge in [0.05, 0.1) is 19.1 Å². The number of hydrogen-bond acceptors (Lipinski definition) is 4. The molecule has 18 heavy (non-hydrogen) atoms. The Hall–Kier alpha value is -0.360. The molecule has 2 saturated heterocycles. The molecule has 1 unspecified atom stereocenters. The molecule has 2 heterocycles. The number of nitrogens with one attached hydrogen (secondary N) is 1. The van der Waals surface area contributed by atoms with Gasteiger partial charge in [-0.25, -0.2) is 0 Å². The van der Waals surface area contributed by atoms with Crippen molar-refractivity contribution in [3.05, 3.63) is 0 Å². The van der Waals surface area contributed by atoms with E-state index in [1.54, 1.807) is 0 Å². The van der Waals surface area contributed by atoms with Crippen molar-refractivity contribution in [3.63, 3.8) is 0 Å². The number of carbonyl (C=O) groups excluding carboxylic acids is 1. The van der Waals surface area contributed by atoms with Crippen molar-refractivity contribution in [2.75, 3.05) is 52.9 Å². The Morgan fingerprint density at radius 1 is 1.33 bits per heavy atom. The van der Waals surface area contributed by atoms with Crippen LogP contribution in [-0.2, 0) is 9.53 Å². The van der Waals surface area contributed by atoms with Crippen LogP contribution >= 0.6 is 12.4 Å². The van der Waals surface area contributed by atoms with Crippen LogP contribution in [0.1, 0.15) is 12.8 Å². The van der Waals surface area contributed by atoms with Crippen LogP contribution in [0.3, 0.4) is 0 Å². The number of ether oxygens (including phenoxy) is 1. The molecule has 5 nitrogen and oxygen atoms in total. The summed E-state index contributed by atoms with van der Waals surface area (Å²) in [6.45, 7) is 6.25. The lowest BCUT2D eigenvalue weighted by molar-refractivity contribution is -0.134. The number of hydrogen-bond donors (Lipinski definition) is 1. The van der Waals surface area contributed by atoms with Gasteiger partial charge in [-0.05, 0) is 20.0 Å². The van der Waals surface area contributed by atoms with Crippen molar-refractivity contribution in [1.82, 2.24) is 15.1 Å². The van der Waals surface area contributed by atoms with E-state index >= 15 is 0 Å². The van der Waals surface area contributed by atoms with Gasteiger partial charge in [-0.15, -0.1) is 12.4 Å². The van der Waals surface area contributed by atoms with E-state index < -0.39 is 0 Å². The van der Waals surface area contributed by atoms with Crippen LogP contribution in [0.4, 0.5) is 0 Å². The molecule has 0 spiro atoms. The van der Waals surface area contributed by atoms with Gasteiger partial charge in [0.1, 0.15) is 0 Å². The average molecular weight is 278 g/mol. The second-order valence-electron chi connectivity index (χ2n) is 4.94. The number of likely N-dealkylation sites (N-methyl/N-ethyl adjacent to an activating group) is 1. The summed E-state index contributed by atoms with van der Waals surface area (Å²) in [6.07, 6.45) is 1.67. The van der Waals surface area contributed by atoms with Crippen molar-refractivity contribution in [3.8, 4) is 0 Å². The molecule has 0 aromatic rings. The van der Waals surface area contributed by atoms with Gasteiger partial charge in [-0.1, -0.05) is 0 Å². The number of rotatable bonds is 2. The lowest BCUT2D eigenvalue weighted by Gasteiger charge is -2.26. The molecule has 2 rings (SSSR count). The molecule has 1 amide bonds. The van der Waals surface area contributed by atoms with Crippen LogP contribution in [-0.4, -0.2) is 74.7 Å². The summed E-state index contributed by atoms with van der Waals surface area (Å²) in [4.78, 5) is 16.4. The minimum Gasteiger partial charge on any atom is -0.375 e. The predicted octanol–water partition coefficient (Wildman–Crippen LogP) is -0.0492. The van der Waals surface area contributed by atoms with Crippen LogP contribution in [0, 0.1) is 0 Å². The van der Waals surface area contributed by atoms with Crippen LogP contribution in [0.15, 0.2) is 0 Å². The number of halogens is 1. The van der Waals surface area contributed by atoms with E-state index in [2.05, 4.69) is 17.3 Å². The largest absolute Gasteiger partial charge is 0.375 e. The van der Waals surface area contributed by atoms with E-state index in [0.29, 0.717) is 6.42 Å². The second-order valence-corrected chi connectivity index (χ2v) is 4.94. The molecule has 0 aliphatic carbocycles. The highest BCUT2D eigenvalue weighted by Crippen LogP contribution is 2.08. The summed E-state index contributed by atoms with van der Waals surface area (Å²) < 4.78 is 5.57. The summed E-state index contributed by atoms with van der Waals surface area (Å²) in [5, 5.41) is 3.26. The molecule has 1 atom stereocenters. The zero-order valence-electron chi connectivity index (χ0n) is 11.1. The minimum atomic E-state index is 0. The zero-order chi connectivity index (χ0) is 12.1. The first-order valence-electron chi connectivity index (χ1n) is 6.54. The third-order valence-corrected chi connectivity index (χ3v) is 3.48. The van der Waals surface area contributed by atoms with E-state index in [1.165, 1.54) is 0 Å². The van der Waals surface area contributed by atoms with Gasteiger partial charge in [-0.3, -0.25) is 4.79 Å². The lowest BCUT2D eigenvalue weighted by atomic mass is 10.2. The topological polar surface area (TPSA) is 44.8 Å². The second kappa shape index (κ2) is 7.94. The summed E-state index contributed by atoms with van der Waals surface area (Å²) in [6, 6.07) is 0. The SMILES string of the molecule is CN1CCCN(C(=O)CC2CNCCO2)CC1.Cl. The molecule has 6 heteroatoms. The normalized spacial score (nSPS) is 26.3. The highest BCUT2D eigenvalue weighted by atomic mass is 35.5. The molecule has 0 bridgehead atoms. The Balaban J connectivity index is 0.00000162. The zero-order valence-corrected chi connectivity index (χ0v) is 11.9. The maximum absolute atomic E-state index is 12.1. The fourth-order valence-corrected chi connectivity index (χ4v) is 2.37. The first kappa shape index (κ1) is 15.7. The van der Waals surface area contributed by atoms with Crippen molar-refractivity contribution in [2.24, 2.45) is 0 Å². The Bertz CT molecular complexity index is 260. The van der Waals surface area contributed by atoms with Crippen molar-refractivity contribution >= 4 is 18.3 Å². The van der Waals surface area contributed by atoms with Gasteiger partial charge in [0.15, 0.2) is 0 Å². The van der Waals surface area contributed by atoms with Crippen LogP contribution in [0.25, 0.3) is 0 Å². The summed E-state index contributed by atoms with van der Waals surface area (Å²) in [5.41, 5.74) is 0. The average Bonchev–Trinajstić information content (AvgIpc) is 2.55. The van der Waals surface area contributed by atoms with Crippen LogP contribution in [0.2, 0.25) is 0 Å². The van der Waals surface area contributed by atoms with Gasteiger partial charge in [0.25, 0.3) is 0 Å². The van der Waals surface area contributed by atoms with Crippen molar-refractivity contribution < 1.29 is 9.53 Å². The van der Waals surface area contributed by atoms with E-state index in [4.69, 9.17) is 4.74 Å². The van der Waals surface area contributed by atoms with Crippen molar-refractivity contribution in [1.29, 1.82) is 0 Å². The molecule has 0 aromatic carbocycles. The molecular formula is C12H24ClN3O2. The molecule has 106 valence electrons. The molecule has 2 aliphatic heterocycles. The van der Waals surface area contributed by atoms with E-state index in [0.717, 1.165) is 52.3 Å². The first-order valence-corrected chi connectivity index (χ1v) is 6.54. The number of carbonyl (C=O) groups is 1. The van der Waals surface area contributed by atoms with Gasteiger partial charge >= 0.3 is 0 Å². The van der Waals surface area contributed by atoms with Crippen molar-refractivity contribution in [2.45, 2.75) is 18.9 Å². The summed E-state index contributed by atoms with van der Waals surface area (Å²) >= 11 is 0. The Morgan fingerprint density at radius 3 is 2.89 bits per heavy atom. The molecule has 2 fully saturated rings. The smallest absolute Gasteiger partial charge is 0.225 e. The van der Waals surface area contributed by atoms with Gasteiger partial charge < -0.3 is 19.9 Å². The van der Waals surface area contributed by atoms with Gasteiger partial charge in [0.2, 0.25) is 5.91 Å². The fourth-order valence-electron chi connectivity index (χ4n) is 2.37. The summed E-state index contributed by atoms with van der Waals surface area (Å²) in [5.74, 6) is 0.244. The van der Waals surface area contributed by atoms with E-state index in [9.17, 15) is 4.79 Å². The Morgan fingerprint density at radius 2 is 2.17 bits per heavy atom. The first-order chi connectivity index (χ1) is 8.25.